The highest BCUT2D eigenvalue weighted by Gasteiger charge is 2.22. The van der Waals surface area contributed by atoms with E-state index in [0.717, 1.165) is 9.96 Å². The maximum absolute atomic E-state index is 12.7. The molecule has 2 heterocycles. The molecule has 2 aromatic heterocycles. The number of carbonyl (C=O) groups excluding carboxylic acids is 1. The zero-order chi connectivity index (χ0) is 18.1. The van der Waals surface area contributed by atoms with E-state index in [1.807, 2.05) is 60.7 Å². The molecule has 7 heteroatoms. The quantitative estimate of drug-likeness (QED) is 0.532. The highest BCUT2D eigenvalue weighted by Crippen LogP contribution is 2.18. The van der Waals surface area contributed by atoms with Crippen molar-refractivity contribution in [3.8, 4) is 16.9 Å². The summed E-state index contributed by atoms with van der Waals surface area (Å²) in [6.45, 7) is 0. The lowest BCUT2D eigenvalue weighted by atomic mass is 10.1. The first kappa shape index (κ1) is 15.8. The van der Waals surface area contributed by atoms with E-state index in [-0.39, 0.29) is 11.6 Å². The van der Waals surface area contributed by atoms with E-state index in [1.54, 1.807) is 0 Å². The van der Waals surface area contributed by atoms with Crippen LogP contribution in [0.15, 0.2) is 71.5 Å². The van der Waals surface area contributed by atoms with Crippen LogP contribution < -0.4 is 5.56 Å². The molecule has 0 aliphatic carbocycles. The Morgan fingerprint density at radius 3 is 2.31 bits per heavy atom. The molecule has 0 atom stereocenters. The molecular weight excluding hydrogens is 332 g/mol. The van der Waals surface area contributed by atoms with Gasteiger partial charge in [-0.3, -0.25) is 4.79 Å². The fourth-order valence-electron chi connectivity index (χ4n) is 2.72. The highest BCUT2D eigenvalue weighted by molar-refractivity contribution is 5.86. The first-order valence-corrected chi connectivity index (χ1v) is 7.91. The van der Waals surface area contributed by atoms with Gasteiger partial charge in [-0.05, 0) is 12.1 Å². The second-order valence-electron chi connectivity index (χ2n) is 5.54. The predicted molar refractivity (Wildman–Crippen MR) is 95.4 cm³/mol. The van der Waals surface area contributed by atoms with Crippen LogP contribution in [0.25, 0.3) is 22.7 Å². The van der Waals surface area contributed by atoms with Crippen LogP contribution in [0.1, 0.15) is 10.6 Å². The van der Waals surface area contributed by atoms with Gasteiger partial charge >= 0.3 is 5.97 Å². The summed E-state index contributed by atoms with van der Waals surface area (Å²) in [5, 5.41) is 4.27. The number of benzene rings is 2. The molecule has 0 fully saturated rings. The summed E-state index contributed by atoms with van der Waals surface area (Å²) in [5.41, 5.74) is 1.57. The predicted octanol–water partition coefficient (Wildman–Crippen LogP) is 2.33. The number of carbonyl (C=O) groups is 1. The third kappa shape index (κ3) is 2.55. The van der Waals surface area contributed by atoms with Crippen LogP contribution in [-0.4, -0.2) is 32.2 Å². The van der Waals surface area contributed by atoms with Gasteiger partial charge in [0.15, 0.2) is 0 Å². The Bertz CT molecular complexity index is 1150. The van der Waals surface area contributed by atoms with Gasteiger partial charge in [-0.25, -0.2) is 14.2 Å². The molecule has 0 unspecified atom stereocenters. The molecular formula is C19H14N4O3. The van der Waals surface area contributed by atoms with Gasteiger partial charge < -0.3 is 4.74 Å². The summed E-state index contributed by atoms with van der Waals surface area (Å²) in [7, 11) is 1.24. The number of fused-ring (bicyclic) bond motifs is 1. The van der Waals surface area contributed by atoms with Crippen molar-refractivity contribution < 1.29 is 9.53 Å². The molecule has 128 valence electrons. The Morgan fingerprint density at radius 2 is 1.65 bits per heavy atom. The molecule has 0 saturated carbocycles. The van der Waals surface area contributed by atoms with E-state index in [0.29, 0.717) is 11.4 Å². The lowest BCUT2D eigenvalue weighted by Gasteiger charge is -2.04. The summed E-state index contributed by atoms with van der Waals surface area (Å²) in [6, 6.07) is 19.9. The second-order valence-corrected chi connectivity index (χ2v) is 5.54. The molecule has 0 bridgehead atoms. The largest absolute Gasteiger partial charge is 0.463 e. The van der Waals surface area contributed by atoms with E-state index in [4.69, 9.17) is 4.74 Å². The maximum Gasteiger partial charge on any atom is 0.376 e. The minimum Gasteiger partial charge on any atom is -0.463 e. The maximum atomic E-state index is 12.7. The Labute approximate surface area is 148 Å². The summed E-state index contributed by atoms with van der Waals surface area (Å²) < 4.78 is 7.38. The van der Waals surface area contributed by atoms with Crippen molar-refractivity contribution in [3.05, 3.63) is 82.9 Å². The first-order valence-electron chi connectivity index (χ1n) is 7.91. The van der Waals surface area contributed by atoms with Gasteiger partial charge in [0.25, 0.3) is 5.56 Å². The molecule has 0 saturated heterocycles. The van der Waals surface area contributed by atoms with Crippen molar-refractivity contribution in [2.75, 3.05) is 7.11 Å². The highest BCUT2D eigenvalue weighted by atomic mass is 16.5. The number of hydrogen-bond acceptors (Lipinski definition) is 5. The van der Waals surface area contributed by atoms with E-state index in [2.05, 4.69) is 10.1 Å². The van der Waals surface area contributed by atoms with Crippen LogP contribution in [-0.2, 0) is 4.74 Å². The lowest BCUT2D eigenvalue weighted by molar-refractivity contribution is 0.0584. The van der Waals surface area contributed by atoms with Crippen LogP contribution in [0, 0.1) is 0 Å². The smallest absolute Gasteiger partial charge is 0.376 e. The summed E-state index contributed by atoms with van der Waals surface area (Å²) >= 11 is 0. The molecule has 7 nitrogen and oxygen atoms in total. The fourth-order valence-corrected chi connectivity index (χ4v) is 2.72. The Balaban J connectivity index is 2.06. The topological polar surface area (TPSA) is 78.5 Å². The van der Waals surface area contributed by atoms with E-state index < -0.39 is 11.5 Å². The molecule has 0 N–H and O–H groups in total. The van der Waals surface area contributed by atoms with Crippen molar-refractivity contribution >= 4 is 11.7 Å². The standard InChI is InChI=1S/C19H14N4O3/c1-26-18(25)17-21-23(14-10-6-3-7-11-14)19-20-15(12-16(24)22(17)19)13-8-4-2-5-9-13/h2-12H,1H3. The van der Waals surface area contributed by atoms with Crippen molar-refractivity contribution in [1.82, 2.24) is 19.2 Å². The molecule has 2 aromatic carbocycles. The molecule has 0 radical (unpaired) electrons. The summed E-state index contributed by atoms with van der Waals surface area (Å²) in [5.74, 6) is -0.590. The van der Waals surface area contributed by atoms with Crippen LogP contribution in [0.4, 0.5) is 0 Å². The average Bonchev–Trinajstić information content (AvgIpc) is 3.09. The normalized spacial score (nSPS) is 10.8. The third-order valence-electron chi connectivity index (χ3n) is 3.94. The van der Waals surface area contributed by atoms with Crippen LogP contribution in [0.2, 0.25) is 0 Å². The zero-order valence-corrected chi connectivity index (χ0v) is 13.9. The number of ether oxygens (including phenoxy) is 1. The number of hydrogen-bond donors (Lipinski definition) is 0. The Hall–Kier alpha value is -3.74. The van der Waals surface area contributed by atoms with Crippen molar-refractivity contribution in [1.29, 1.82) is 0 Å². The molecule has 0 aliphatic heterocycles. The van der Waals surface area contributed by atoms with Crippen LogP contribution in [0.3, 0.4) is 0 Å². The molecule has 0 aliphatic rings. The average molecular weight is 346 g/mol. The Morgan fingerprint density at radius 1 is 1.00 bits per heavy atom. The number of methoxy groups -OCH3 is 1. The molecule has 26 heavy (non-hydrogen) atoms. The fraction of sp³-hybridized carbons (Fsp3) is 0.0526. The van der Waals surface area contributed by atoms with Gasteiger partial charge in [0, 0.05) is 11.6 Å². The SMILES string of the molecule is COC(=O)c1nn(-c2ccccc2)c2nc(-c3ccccc3)cc(=O)n12. The minimum atomic E-state index is -0.707. The minimum absolute atomic E-state index is 0.122. The number of esters is 1. The lowest BCUT2D eigenvalue weighted by Crippen LogP contribution is -2.19. The van der Waals surface area contributed by atoms with E-state index in [9.17, 15) is 9.59 Å². The van der Waals surface area contributed by atoms with E-state index in [1.165, 1.54) is 17.9 Å². The van der Waals surface area contributed by atoms with Crippen molar-refractivity contribution in [2.24, 2.45) is 0 Å². The van der Waals surface area contributed by atoms with Crippen molar-refractivity contribution in [3.63, 3.8) is 0 Å². The van der Waals surface area contributed by atoms with Gasteiger partial charge in [-0.1, -0.05) is 48.5 Å². The molecule has 4 rings (SSSR count). The van der Waals surface area contributed by atoms with Gasteiger partial charge in [0.05, 0.1) is 18.5 Å². The molecule has 0 amide bonds. The first-order chi connectivity index (χ1) is 12.7. The number of para-hydroxylation sites is 1. The number of aromatic nitrogens is 4. The van der Waals surface area contributed by atoms with E-state index >= 15 is 0 Å². The summed E-state index contributed by atoms with van der Waals surface area (Å²) in [4.78, 5) is 29.4. The molecule has 0 spiro atoms. The monoisotopic (exact) mass is 346 g/mol. The van der Waals surface area contributed by atoms with Gasteiger partial charge in [-0.15, -0.1) is 5.10 Å². The van der Waals surface area contributed by atoms with Gasteiger partial charge in [0.2, 0.25) is 11.6 Å². The van der Waals surface area contributed by atoms with Crippen LogP contribution >= 0.6 is 0 Å². The van der Waals surface area contributed by atoms with Crippen LogP contribution in [0.5, 0.6) is 0 Å². The van der Waals surface area contributed by atoms with Crippen molar-refractivity contribution in [2.45, 2.75) is 0 Å². The van der Waals surface area contributed by atoms with Gasteiger partial charge in [0.1, 0.15) is 0 Å². The third-order valence-corrected chi connectivity index (χ3v) is 3.94. The number of rotatable bonds is 3. The molecule has 4 aromatic rings. The van der Waals surface area contributed by atoms with Gasteiger partial charge in [-0.2, -0.15) is 4.68 Å². The Kier molecular flexibility index (Phi) is 3.81. The second kappa shape index (κ2) is 6.29. The zero-order valence-electron chi connectivity index (χ0n) is 13.9. The number of nitrogens with zero attached hydrogens (tertiary/aromatic N) is 4. The summed E-state index contributed by atoms with van der Waals surface area (Å²) in [6.07, 6.45) is 0.